The van der Waals surface area contributed by atoms with Gasteiger partial charge in [-0.1, -0.05) is 0 Å². The summed E-state index contributed by atoms with van der Waals surface area (Å²) in [6, 6.07) is 1.92. The summed E-state index contributed by atoms with van der Waals surface area (Å²) in [6.45, 7) is 9.42. The van der Waals surface area contributed by atoms with Crippen molar-refractivity contribution < 1.29 is 18.8 Å². The van der Waals surface area contributed by atoms with Gasteiger partial charge in [0.05, 0.1) is 30.6 Å². The number of aromatic nitrogens is 1. The monoisotopic (exact) mass is 277 g/mol. The highest BCUT2D eigenvalue weighted by molar-refractivity contribution is 6.62. The SMILES string of the molecule is CC1(C)OB(c2cncc(OC3COC3)c2)OC1(C)C. The number of ether oxygens (including phenoxy) is 2. The molecule has 0 saturated carbocycles. The predicted octanol–water partition coefficient (Wildman–Crippen LogP) is 1.16. The number of hydrogen-bond acceptors (Lipinski definition) is 5. The maximum absolute atomic E-state index is 6.01. The lowest BCUT2D eigenvalue weighted by molar-refractivity contribution is -0.0797. The van der Waals surface area contributed by atoms with Crippen LogP contribution < -0.4 is 10.2 Å². The van der Waals surface area contributed by atoms with E-state index in [1.54, 1.807) is 12.4 Å². The van der Waals surface area contributed by atoms with E-state index in [-0.39, 0.29) is 17.3 Å². The van der Waals surface area contributed by atoms with Crippen molar-refractivity contribution in [2.75, 3.05) is 13.2 Å². The molecule has 2 fully saturated rings. The Balaban J connectivity index is 1.76. The fraction of sp³-hybridized carbons (Fsp3) is 0.643. The Morgan fingerprint density at radius 1 is 1.15 bits per heavy atom. The second-order valence-corrected chi connectivity index (χ2v) is 6.32. The van der Waals surface area contributed by atoms with Gasteiger partial charge in [0.2, 0.25) is 0 Å². The van der Waals surface area contributed by atoms with E-state index in [1.165, 1.54) is 0 Å². The molecule has 0 aromatic carbocycles. The summed E-state index contributed by atoms with van der Waals surface area (Å²) in [6.07, 6.45) is 3.59. The normalized spacial score (nSPS) is 24.5. The Bertz CT molecular complexity index is 486. The van der Waals surface area contributed by atoms with Crippen LogP contribution in [-0.2, 0) is 14.0 Å². The van der Waals surface area contributed by atoms with Crippen LogP contribution in [0.15, 0.2) is 18.5 Å². The molecule has 3 heterocycles. The molecule has 5 nitrogen and oxygen atoms in total. The highest BCUT2D eigenvalue weighted by Gasteiger charge is 2.51. The first kappa shape index (κ1) is 13.9. The summed E-state index contributed by atoms with van der Waals surface area (Å²) < 4.78 is 22.9. The van der Waals surface area contributed by atoms with E-state index >= 15 is 0 Å². The zero-order valence-corrected chi connectivity index (χ0v) is 12.4. The van der Waals surface area contributed by atoms with Crippen LogP contribution in [0.5, 0.6) is 5.75 Å². The highest BCUT2D eigenvalue weighted by Crippen LogP contribution is 2.36. The average Bonchev–Trinajstić information content (AvgIpc) is 2.54. The van der Waals surface area contributed by atoms with Gasteiger partial charge in [0.1, 0.15) is 11.9 Å². The minimum absolute atomic E-state index is 0.130. The van der Waals surface area contributed by atoms with Crippen LogP contribution in [-0.4, -0.2) is 42.6 Å². The van der Waals surface area contributed by atoms with E-state index in [0.717, 1.165) is 11.2 Å². The first-order valence-corrected chi connectivity index (χ1v) is 6.92. The van der Waals surface area contributed by atoms with E-state index < -0.39 is 7.12 Å². The van der Waals surface area contributed by atoms with Crippen LogP contribution in [0.2, 0.25) is 0 Å². The van der Waals surface area contributed by atoms with Gasteiger partial charge in [-0.25, -0.2) is 0 Å². The van der Waals surface area contributed by atoms with Crippen molar-refractivity contribution in [3.05, 3.63) is 18.5 Å². The van der Waals surface area contributed by atoms with Gasteiger partial charge in [0.15, 0.2) is 0 Å². The lowest BCUT2D eigenvalue weighted by atomic mass is 9.80. The predicted molar refractivity (Wildman–Crippen MR) is 75.2 cm³/mol. The lowest BCUT2D eigenvalue weighted by Gasteiger charge is -2.32. The molecule has 2 aliphatic rings. The summed E-state index contributed by atoms with van der Waals surface area (Å²) >= 11 is 0. The highest BCUT2D eigenvalue weighted by atomic mass is 16.7. The van der Waals surface area contributed by atoms with Gasteiger partial charge in [0.25, 0.3) is 0 Å². The third kappa shape index (κ3) is 2.43. The maximum Gasteiger partial charge on any atom is 0.496 e. The van der Waals surface area contributed by atoms with Crippen molar-refractivity contribution in [3.63, 3.8) is 0 Å². The number of pyridine rings is 1. The molecule has 108 valence electrons. The molecule has 0 bridgehead atoms. The Morgan fingerprint density at radius 3 is 2.35 bits per heavy atom. The minimum atomic E-state index is -0.409. The number of hydrogen-bond donors (Lipinski definition) is 0. The van der Waals surface area contributed by atoms with Gasteiger partial charge in [-0.3, -0.25) is 4.98 Å². The van der Waals surface area contributed by atoms with Gasteiger partial charge in [-0.2, -0.15) is 0 Å². The van der Waals surface area contributed by atoms with E-state index in [2.05, 4.69) is 4.98 Å². The molecule has 0 aliphatic carbocycles. The van der Waals surface area contributed by atoms with Crippen molar-refractivity contribution in [2.24, 2.45) is 0 Å². The van der Waals surface area contributed by atoms with E-state index in [0.29, 0.717) is 13.2 Å². The van der Waals surface area contributed by atoms with Crippen LogP contribution in [0.4, 0.5) is 0 Å². The molecule has 0 radical (unpaired) electrons. The Hall–Kier alpha value is -1.11. The van der Waals surface area contributed by atoms with Gasteiger partial charge >= 0.3 is 7.12 Å². The maximum atomic E-state index is 6.01. The van der Waals surface area contributed by atoms with Crippen molar-refractivity contribution in [1.29, 1.82) is 0 Å². The Labute approximate surface area is 119 Å². The van der Waals surface area contributed by atoms with Gasteiger partial charge in [0, 0.05) is 11.7 Å². The molecule has 0 unspecified atom stereocenters. The van der Waals surface area contributed by atoms with Gasteiger partial charge in [-0.05, 0) is 33.8 Å². The fourth-order valence-electron chi connectivity index (χ4n) is 2.08. The molecule has 20 heavy (non-hydrogen) atoms. The second kappa shape index (κ2) is 4.72. The van der Waals surface area contributed by atoms with Crippen LogP contribution in [0.25, 0.3) is 0 Å². The largest absolute Gasteiger partial charge is 0.496 e. The molecule has 1 aromatic rings. The smallest absolute Gasteiger partial charge is 0.484 e. The molecule has 3 rings (SSSR count). The van der Waals surface area contributed by atoms with Crippen LogP contribution >= 0.6 is 0 Å². The van der Waals surface area contributed by atoms with Crippen molar-refractivity contribution in [2.45, 2.75) is 45.0 Å². The van der Waals surface area contributed by atoms with Gasteiger partial charge in [-0.15, -0.1) is 0 Å². The molecular weight excluding hydrogens is 257 g/mol. The molecule has 0 atom stereocenters. The van der Waals surface area contributed by atoms with Crippen molar-refractivity contribution in [3.8, 4) is 5.75 Å². The summed E-state index contributed by atoms with van der Waals surface area (Å²) in [5.41, 5.74) is 0.175. The fourth-order valence-corrected chi connectivity index (χ4v) is 2.08. The summed E-state index contributed by atoms with van der Waals surface area (Å²) in [5.74, 6) is 0.727. The third-order valence-corrected chi connectivity index (χ3v) is 4.17. The Morgan fingerprint density at radius 2 is 1.80 bits per heavy atom. The number of rotatable bonds is 3. The first-order valence-electron chi connectivity index (χ1n) is 6.92. The van der Waals surface area contributed by atoms with E-state index in [4.69, 9.17) is 18.8 Å². The summed E-state index contributed by atoms with van der Waals surface area (Å²) in [7, 11) is -0.409. The molecule has 0 spiro atoms. The van der Waals surface area contributed by atoms with Crippen LogP contribution in [0.3, 0.4) is 0 Å². The topological polar surface area (TPSA) is 49.8 Å². The quantitative estimate of drug-likeness (QED) is 0.776. The molecule has 2 aliphatic heterocycles. The summed E-state index contributed by atoms with van der Waals surface area (Å²) in [4.78, 5) is 4.21. The second-order valence-electron chi connectivity index (χ2n) is 6.32. The van der Waals surface area contributed by atoms with E-state index in [9.17, 15) is 0 Å². The molecule has 1 aromatic heterocycles. The third-order valence-electron chi connectivity index (χ3n) is 4.17. The van der Waals surface area contributed by atoms with Gasteiger partial charge < -0.3 is 18.8 Å². The van der Waals surface area contributed by atoms with E-state index in [1.807, 2.05) is 33.8 Å². The standard InChI is InChI=1S/C14H20BNO4/c1-13(2)14(3,4)20-15(19-13)10-5-11(7-16-6-10)18-12-8-17-9-12/h5-7,12H,8-9H2,1-4H3. The van der Waals surface area contributed by atoms with Crippen molar-refractivity contribution >= 4 is 12.6 Å². The zero-order chi connectivity index (χ0) is 14.4. The Kier molecular flexibility index (Phi) is 3.27. The van der Waals surface area contributed by atoms with Crippen LogP contribution in [0.1, 0.15) is 27.7 Å². The molecular formula is C14H20BNO4. The van der Waals surface area contributed by atoms with Crippen molar-refractivity contribution in [1.82, 2.24) is 4.98 Å². The molecule has 0 N–H and O–H groups in total. The molecule has 0 amide bonds. The molecule has 2 saturated heterocycles. The molecule has 6 heteroatoms. The van der Waals surface area contributed by atoms with Crippen LogP contribution in [0, 0.1) is 0 Å². The lowest BCUT2D eigenvalue weighted by Crippen LogP contribution is -2.41. The minimum Gasteiger partial charge on any atom is -0.484 e. The zero-order valence-electron chi connectivity index (χ0n) is 12.4. The number of nitrogens with zero attached hydrogens (tertiary/aromatic N) is 1. The first-order chi connectivity index (χ1) is 9.37. The summed E-state index contributed by atoms with van der Waals surface area (Å²) in [5, 5.41) is 0. The average molecular weight is 277 g/mol.